The van der Waals surface area contributed by atoms with Crippen LogP contribution in [0.1, 0.15) is 16.7 Å². The highest BCUT2D eigenvalue weighted by Gasteiger charge is 2.17. The minimum Gasteiger partial charge on any atom is -0.249 e. The van der Waals surface area contributed by atoms with Gasteiger partial charge in [0, 0.05) is 14.7 Å². The van der Waals surface area contributed by atoms with Gasteiger partial charge in [-0.3, -0.25) is 0 Å². The predicted molar refractivity (Wildman–Crippen MR) is 102 cm³/mol. The van der Waals surface area contributed by atoms with Crippen LogP contribution in [0.2, 0.25) is 0 Å². The lowest BCUT2D eigenvalue weighted by atomic mass is 10.1. The molecule has 1 unspecified atom stereocenters. The van der Waals surface area contributed by atoms with Crippen LogP contribution in [-0.4, -0.2) is 4.21 Å². The molecule has 3 rings (SSSR count). The van der Waals surface area contributed by atoms with Gasteiger partial charge in [0.25, 0.3) is 0 Å². The summed E-state index contributed by atoms with van der Waals surface area (Å²) in [5, 5.41) is 0. The van der Waals surface area contributed by atoms with Crippen molar-refractivity contribution in [3.05, 3.63) is 83.4 Å². The summed E-state index contributed by atoms with van der Waals surface area (Å²) in [6.45, 7) is 6.16. The van der Waals surface area contributed by atoms with Crippen molar-refractivity contribution in [3.8, 4) is 0 Å². The van der Waals surface area contributed by atoms with Crippen LogP contribution in [0.15, 0.2) is 86.3 Å². The molecular formula is C21H20OS2. The molecule has 122 valence electrons. The van der Waals surface area contributed by atoms with Crippen molar-refractivity contribution in [1.82, 2.24) is 0 Å². The molecule has 24 heavy (non-hydrogen) atoms. The van der Waals surface area contributed by atoms with Crippen molar-refractivity contribution in [2.75, 3.05) is 0 Å². The van der Waals surface area contributed by atoms with Crippen molar-refractivity contribution in [1.29, 1.82) is 0 Å². The molecule has 0 N–H and O–H groups in total. The number of rotatable bonds is 4. The molecule has 3 aromatic carbocycles. The number of hydrogen-bond acceptors (Lipinski definition) is 2. The molecule has 0 spiro atoms. The van der Waals surface area contributed by atoms with E-state index in [1.54, 1.807) is 11.8 Å². The molecule has 0 saturated heterocycles. The Morgan fingerprint density at radius 1 is 0.792 bits per heavy atom. The summed E-state index contributed by atoms with van der Waals surface area (Å²) in [7, 11) is -1.18. The second-order valence-corrected chi connectivity index (χ2v) is 8.36. The van der Waals surface area contributed by atoms with Gasteiger partial charge in [-0.1, -0.05) is 59.8 Å². The Bertz CT molecular complexity index is 862. The van der Waals surface area contributed by atoms with Gasteiger partial charge in [-0.25, -0.2) is 4.21 Å². The molecule has 0 saturated carbocycles. The van der Waals surface area contributed by atoms with Crippen LogP contribution >= 0.6 is 11.8 Å². The molecule has 0 aromatic heterocycles. The van der Waals surface area contributed by atoms with E-state index in [2.05, 4.69) is 31.2 Å². The van der Waals surface area contributed by atoms with Gasteiger partial charge >= 0.3 is 0 Å². The zero-order valence-corrected chi connectivity index (χ0v) is 15.7. The third-order valence-corrected chi connectivity index (χ3v) is 6.79. The Balaban J connectivity index is 2.03. The highest BCUT2D eigenvalue weighted by Crippen LogP contribution is 2.35. The fourth-order valence-corrected chi connectivity index (χ4v) is 5.46. The van der Waals surface area contributed by atoms with Gasteiger partial charge in [-0.15, -0.1) is 0 Å². The molecule has 0 aliphatic heterocycles. The maximum absolute atomic E-state index is 13.3. The summed E-state index contributed by atoms with van der Waals surface area (Å²) in [4.78, 5) is 4.00. The summed E-state index contributed by atoms with van der Waals surface area (Å²) in [5.41, 5.74) is 3.38. The fourth-order valence-electron chi connectivity index (χ4n) is 2.87. The van der Waals surface area contributed by atoms with E-state index in [1.165, 1.54) is 5.56 Å². The van der Waals surface area contributed by atoms with Crippen LogP contribution in [-0.2, 0) is 10.8 Å². The van der Waals surface area contributed by atoms with E-state index in [4.69, 9.17) is 0 Å². The van der Waals surface area contributed by atoms with Crippen LogP contribution in [0, 0.1) is 20.8 Å². The smallest absolute Gasteiger partial charge is 0.0866 e. The molecule has 0 fully saturated rings. The highest BCUT2D eigenvalue weighted by atomic mass is 32.2. The quantitative estimate of drug-likeness (QED) is 0.579. The summed E-state index contributed by atoms with van der Waals surface area (Å²) in [6, 6.07) is 22.4. The number of aryl methyl sites for hydroxylation is 3. The topological polar surface area (TPSA) is 17.1 Å². The average molecular weight is 353 g/mol. The summed E-state index contributed by atoms with van der Waals surface area (Å²) >= 11 is 1.66. The first-order chi connectivity index (χ1) is 11.6. The Kier molecular flexibility index (Phi) is 5.22. The molecule has 0 amide bonds. The van der Waals surface area contributed by atoms with Crippen molar-refractivity contribution < 1.29 is 4.21 Å². The predicted octanol–water partition coefficient (Wildman–Crippen LogP) is 5.93. The Hall–Kier alpha value is -1.84. The minimum atomic E-state index is -1.18. The Morgan fingerprint density at radius 3 is 2.04 bits per heavy atom. The van der Waals surface area contributed by atoms with Gasteiger partial charge in [0.1, 0.15) is 0 Å². The van der Waals surface area contributed by atoms with E-state index in [0.29, 0.717) is 0 Å². The van der Waals surface area contributed by atoms with Crippen molar-refractivity contribution in [2.24, 2.45) is 0 Å². The van der Waals surface area contributed by atoms with Crippen LogP contribution in [0.5, 0.6) is 0 Å². The first-order valence-corrected chi connectivity index (χ1v) is 9.84. The molecule has 0 bridgehead atoms. The summed E-state index contributed by atoms with van der Waals surface area (Å²) in [5.74, 6) is 0. The lowest BCUT2D eigenvalue weighted by molar-refractivity contribution is 0.680. The second kappa shape index (κ2) is 7.37. The molecule has 0 aliphatic rings. The lowest BCUT2D eigenvalue weighted by Gasteiger charge is -2.14. The van der Waals surface area contributed by atoms with Crippen LogP contribution in [0.3, 0.4) is 0 Å². The van der Waals surface area contributed by atoms with Gasteiger partial charge < -0.3 is 0 Å². The van der Waals surface area contributed by atoms with Crippen LogP contribution in [0.25, 0.3) is 0 Å². The fraction of sp³-hybridized carbons (Fsp3) is 0.143. The average Bonchev–Trinajstić information content (AvgIpc) is 2.55. The third-order valence-electron chi connectivity index (χ3n) is 3.81. The number of benzene rings is 3. The maximum Gasteiger partial charge on any atom is 0.0866 e. The van der Waals surface area contributed by atoms with Gasteiger partial charge in [-0.05, 0) is 56.2 Å². The van der Waals surface area contributed by atoms with Gasteiger partial charge in [0.05, 0.1) is 15.7 Å². The molecule has 3 heteroatoms. The van der Waals surface area contributed by atoms with E-state index < -0.39 is 10.8 Å². The van der Waals surface area contributed by atoms with Gasteiger partial charge in [0.2, 0.25) is 0 Å². The standard InChI is InChI=1S/C21H20OS2/c1-15-13-16(2)21(17(3)14-15)24(22)20-12-8-7-11-19(20)23-18-9-5-4-6-10-18/h4-14H,1-3H3. The Labute approximate surface area is 150 Å². The molecule has 0 heterocycles. The molecule has 1 atom stereocenters. The highest BCUT2D eigenvalue weighted by molar-refractivity contribution is 8.00. The third kappa shape index (κ3) is 3.63. The molecule has 3 aromatic rings. The van der Waals surface area contributed by atoms with Crippen LogP contribution < -0.4 is 0 Å². The van der Waals surface area contributed by atoms with Gasteiger partial charge in [0.15, 0.2) is 0 Å². The zero-order valence-electron chi connectivity index (χ0n) is 14.1. The van der Waals surface area contributed by atoms with Crippen molar-refractivity contribution in [3.63, 3.8) is 0 Å². The second-order valence-electron chi connectivity index (χ2n) is 5.86. The van der Waals surface area contributed by atoms with Crippen molar-refractivity contribution in [2.45, 2.75) is 40.4 Å². The summed E-state index contributed by atoms with van der Waals surface area (Å²) < 4.78 is 13.3. The van der Waals surface area contributed by atoms with Crippen molar-refractivity contribution >= 4 is 22.6 Å². The van der Waals surface area contributed by atoms with E-state index in [0.717, 1.165) is 30.7 Å². The van der Waals surface area contributed by atoms with E-state index in [9.17, 15) is 4.21 Å². The normalized spacial score (nSPS) is 12.1. The van der Waals surface area contributed by atoms with Crippen LogP contribution in [0.4, 0.5) is 0 Å². The molecular weight excluding hydrogens is 332 g/mol. The summed E-state index contributed by atoms with van der Waals surface area (Å²) in [6.07, 6.45) is 0. The van der Waals surface area contributed by atoms with E-state index in [-0.39, 0.29) is 0 Å². The van der Waals surface area contributed by atoms with E-state index >= 15 is 0 Å². The van der Waals surface area contributed by atoms with E-state index in [1.807, 2.05) is 56.3 Å². The van der Waals surface area contributed by atoms with Gasteiger partial charge in [-0.2, -0.15) is 0 Å². The maximum atomic E-state index is 13.3. The molecule has 0 aliphatic carbocycles. The first kappa shape index (κ1) is 17.0. The monoisotopic (exact) mass is 352 g/mol. The minimum absolute atomic E-state index is 0.876. The largest absolute Gasteiger partial charge is 0.249 e. The molecule has 1 nitrogen and oxygen atoms in total. The zero-order chi connectivity index (χ0) is 17.1. The Morgan fingerprint density at radius 2 is 1.38 bits per heavy atom. The SMILES string of the molecule is Cc1cc(C)c(S(=O)c2ccccc2Sc2ccccc2)c(C)c1. The molecule has 0 radical (unpaired) electrons. The first-order valence-electron chi connectivity index (χ1n) is 7.88. The number of hydrogen-bond donors (Lipinski definition) is 0. The lowest BCUT2D eigenvalue weighted by Crippen LogP contribution is -2.01.